The van der Waals surface area contributed by atoms with Gasteiger partial charge in [-0.3, -0.25) is 4.79 Å². The molecule has 0 spiro atoms. The number of para-hydroxylation sites is 1. The van der Waals surface area contributed by atoms with Crippen LogP contribution in [-0.2, 0) is 16.1 Å². The number of rotatable bonds is 5. The molecule has 0 saturated heterocycles. The Hall–Kier alpha value is -2.09. The molecule has 0 radical (unpaired) electrons. The maximum Gasteiger partial charge on any atom is 0.407 e. The molecule has 0 aliphatic heterocycles. The van der Waals surface area contributed by atoms with Gasteiger partial charge in [0.1, 0.15) is 13.2 Å². The molecule has 2 N–H and O–H groups in total. The van der Waals surface area contributed by atoms with Crippen molar-refractivity contribution in [2.24, 2.45) is 0 Å². The largest absolute Gasteiger partial charge is 0.445 e. The van der Waals surface area contributed by atoms with Crippen LogP contribution in [0.1, 0.15) is 5.56 Å². The average Bonchev–Trinajstić information content (AvgIpc) is 2.54. The van der Waals surface area contributed by atoms with Crippen molar-refractivity contribution in [1.29, 1.82) is 0 Å². The van der Waals surface area contributed by atoms with Crippen molar-refractivity contribution in [3.63, 3.8) is 0 Å². The molecular weight excluding hydrogens is 395 g/mol. The number of anilines is 1. The lowest BCUT2D eigenvalue weighted by atomic mass is 10.2. The van der Waals surface area contributed by atoms with Crippen LogP contribution in [0.25, 0.3) is 0 Å². The second kappa shape index (κ2) is 8.38. The van der Waals surface area contributed by atoms with E-state index in [9.17, 15) is 9.59 Å². The lowest BCUT2D eigenvalue weighted by Gasteiger charge is -2.09. The normalized spacial score (nSPS) is 9.86. The highest BCUT2D eigenvalue weighted by molar-refractivity contribution is 14.1. The number of benzene rings is 2. The number of alkyl carbamates (subject to hydrolysis) is 1. The van der Waals surface area contributed by atoms with E-state index in [4.69, 9.17) is 4.74 Å². The summed E-state index contributed by atoms with van der Waals surface area (Å²) in [5.41, 5.74) is 1.61. The van der Waals surface area contributed by atoms with E-state index >= 15 is 0 Å². The molecule has 6 heteroatoms. The Morgan fingerprint density at radius 1 is 1.00 bits per heavy atom. The van der Waals surface area contributed by atoms with E-state index in [1.165, 1.54) is 0 Å². The Balaban J connectivity index is 1.72. The first-order valence-corrected chi connectivity index (χ1v) is 7.72. The summed E-state index contributed by atoms with van der Waals surface area (Å²) in [5, 5.41) is 5.14. The van der Waals surface area contributed by atoms with Gasteiger partial charge in [-0.25, -0.2) is 4.79 Å². The van der Waals surface area contributed by atoms with Crippen LogP contribution >= 0.6 is 22.6 Å². The maximum absolute atomic E-state index is 11.8. The van der Waals surface area contributed by atoms with Gasteiger partial charge in [-0.15, -0.1) is 0 Å². The molecule has 114 valence electrons. The molecular formula is C16H15IN2O3. The number of halogens is 1. The molecule has 2 aromatic rings. The smallest absolute Gasteiger partial charge is 0.407 e. The Labute approximate surface area is 142 Å². The second-order valence-electron chi connectivity index (χ2n) is 4.44. The van der Waals surface area contributed by atoms with E-state index in [1.54, 1.807) is 6.07 Å². The molecule has 0 saturated carbocycles. The van der Waals surface area contributed by atoms with Crippen LogP contribution in [0.15, 0.2) is 54.6 Å². The number of hydrogen-bond acceptors (Lipinski definition) is 3. The summed E-state index contributed by atoms with van der Waals surface area (Å²) >= 11 is 2.13. The average molecular weight is 410 g/mol. The van der Waals surface area contributed by atoms with Gasteiger partial charge >= 0.3 is 6.09 Å². The quantitative estimate of drug-likeness (QED) is 0.745. The van der Waals surface area contributed by atoms with Crippen molar-refractivity contribution in [3.05, 3.63) is 63.7 Å². The lowest BCUT2D eigenvalue weighted by molar-refractivity contribution is -0.115. The van der Waals surface area contributed by atoms with Gasteiger partial charge in [0.15, 0.2) is 0 Å². The van der Waals surface area contributed by atoms with Gasteiger partial charge in [-0.2, -0.15) is 0 Å². The molecule has 0 unspecified atom stereocenters. The predicted octanol–water partition coefficient (Wildman–Crippen LogP) is 3.16. The number of hydrogen-bond donors (Lipinski definition) is 2. The molecule has 0 fully saturated rings. The number of nitrogens with one attached hydrogen (secondary N) is 2. The summed E-state index contributed by atoms with van der Waals surface area (Å²) in [6.07, 6.45) is -0.623. The van der Waals surface area contributed by atoms with E-state index in [2.05, 4.69) is 33.2 Å². The highest BCUT2D eigenvalue weighted by Crippen LogP contribution is 2.16. The van der Waals surface area contributed by atoms with Crippen molar-refractivity contribution in [2.45, 2.75) is 6.61 Å². The fourth-order valence-corrected chi connectivity index (χ4v) is 2.21. The van der Waals surface area contributed by atoms with Crippen LogP contribution < -0.4 is 10.6 Å². The van der Waals surface area contributed by atoms with Crippen LogP contribution in [0, 0.1) is 3.57 Å². The monoisotopic (exact) mass is 410 g/mol. The van der Waals surface area contributed by atoms with E-state index in [0.29, 0.717) is 5.69 Å². The Morgan fingerprint density at radius 2 is 1.68 bits per heavy atom. The predicted molar refractivity (Wildman–Crippen MR) is 92.4 cm³/mol. The van der Waals surface area contributed by atoms with Gasteiger partial charge in [-0.05, 0) is 40.3 Å². The number of ether oxygens (including phenoxy) is 1. The molecule has 2 rings (SSSR count). The van der Waals surface area contributed by atoms with Gasteiger partial charge in [0.2, 0.25) is 5.91 Å². The highest BCUT2D eigenvalue weighted by Gasteiger charge is 2.08. The van der Waals surface area contributed by atoms with Crippen molar-refractivity contribution in [2.75, 3.05) is 11.9 Å². The van der Waals surface area contributed by atoms with Crippen molar-refractivity contribution >= 4 is 40.3 Å². The van der Waals surface area contributed by atoms with E-state index < -0.39 is 6.09 Å². The third-order valence-electron chi connectivity index (χ3n) is 2.75. The van der Waals surface area contributed by atoms with Gasteiger partial charge < -0.3 is 15.4 Å². The number of carbonyl (C=O) groups excluding carboxylic acids is 2. The summed E-state index contributed by atoms with van der Waals surface area (Å²) in [6.45, 7) is 0.0312. The Bertz CT molecular complexity index is 647. The molecule has 0 atom stereocenters. The van der Waals surface area contributed by atoms with Gasteiger partial charge in [0.25, 0.3) is 0 Å². The van der Waals surface area contributed by atoms with Crippen LogP contribution in [-0.4, -0.2) is 18.5 Å². The fourth-order valence-electron chi connectivity index (χ4n) is 1.68. The summed E-state index contributed by atoms with van der Waals surface area (Å²) in [4.78, 5) is 23.3. The first-order valence-electron chi connectivity index (χ1n) is 6.64. The minimum Gasteiger partial charge on any atom is -0.445 e. The summed E-state index contributed by atoms with van der Waals surface area (Å²) < 4.78 is 5.95. The Morgan fingerprint density at radius 3 is 2.41 bits per heavy atom. The van der Waals surface area contributed by atoms with Crippen LogP contribution in [0.5, 0.6) is 0 Å². The molecule has 0 heterocycles. The molecule has 0 aliphatic rings. The maximum atomic E-state index is 11.8. The van der Waals surface area contributed by atoms with Crippen LogP contribution in [0.2, 0.25) is 0 Å². The van der Waals surface area contributed by atoms with E-state index in [1.807, 2.05) is 48.5 Å². The SMILES string of the molecule is O=C(CNC(=O)OCc1ccccc1)Nc1ccccc1I. The zero-order valence-electron chi connectivity index (χ0n) is 11.7. The molecule has 0 aromatic heterocycles. The summed E-state index contributed by atoms with van der Waals surface area (Å²) in [5.74, 6) is -0.305. The van der Waals surface area contributed by atoms with Gasteiger partial charge in [-0.1, -0.05) is 42.5 Å². The molecule has 22 heavy (non-hydrogen) atoms. The van der Waals surface area contributed by atoms with Gasteiger partial charge in [0.05, 0.1) is 5.69 Å². The first-order chi connectivity index (χ1) is 10.6. The summed E-state index contributed by atoms with van der Waals surface area (Å²) in [7, 11) is 0. The third kappa shape index (κ3) is 5.36. The minimum atomic E-state index is -0.623. The molecule has 0 bridgehead atoms. The fraction of sp³-hybridized carbons (Fsp3) is 0.125. The first kappa shape index (κ1) is 16.3. The topological polar surface area (TPSA) is 67.4 Å². The van der Waals surface area contributed by atoms with Crippen molar-refractivity contribution in [1.82, 2.24) is 5.32 Å². The van der Waals surface area contributed by atoms with E-state index in [-0.39, 0.29) is 19.1 Å². The highest BCUT2D eigenvalue weighted by atomic mass is 127. The number of amides is 2. The standard InChI is InChI=1S/C16H15IN2O3/c17-13-8-4-5-9-14(13)19-15(20)10-18-16(21)22-11-12-6-2-1-3-7-12/h1-9H,10-11H2,(H,18,21)(H,19,20). The second-order valence-corrected chi connectivity index (χ2v) is 5.61. The number of carbonyl (C=O) groups is 2. The molecule has 2 aromatic carbocycles. The molecule has 0 aliphatic carbocycles. The van der Waals surface area contributed by atoms with Crippen molar-refractivity contribution < 1.29 is 14.3 Å². The van der Waals surface area contributed by atoms with Gasteiger partial charge in [0, 0.05) is 3.57 Å². The third-order valence-corrected chi connectivity index (χ3v) is 3.69. The zero-order chi connectivity index (χ0) is 15.8. The molecule has 2 amide bonds. The van der Waals surface area contributed by atoms with Crippen LogP contribution in [0.4, 0.5) is 10.5 Å². The minimum absolute atomic E-state index is 0.140. The Kier molecular flexibility index (Phi) is 6.20. The van der Waals surface area contributed by atoms with Crippen LogP contribution in [0.3, 0.4) is 0 Å². The lowest BCUT2D eigenvalue weighted by Crippen LogP contribution is -2.33. The molecule has 5 nitrogen and oxygen atoms in total. The summed E-state index contributed by atoms with van der Waals surface area (Å²) in [6, 6.07) is 16.7. The van der Waals surface area contributed by atoms with E-state index in [0.717, 1.165) is 9.13 Å². The zero-order valence-corrected chi connectivity index (χ0v) is 13.9. The van der Waals surface area contributed by atoms with Crippen molar-refractivity contribution in [3.8, 4) is 0 Å².